The number of carbonyl (C=O) groups is 1. The molecule has 1 atom stereocenters. The molecule has 0 aromatic heterocycles. The Morgan fingerprint density at radius 3 is 2.93 bits per heavy atom. The molecule has 2 nitrogen and oxygen atoms in total. The van der Waals surface area contributed by atoms with E-state index in [0.717, 1.165) is 38.5 Å². The fourth-order valence-corrected chi connectivity index (χ4v) is 1.69. The standard InChI is InChI=1S/C12H20O2/c1-2-8-12(13)14-11-9-6-4-3-5-7-10-11/h3-4,11H,2,5-10H2,1H3/b4-3+. The van der Waals surface area contributed by atoms with E-state index in [9.17, 15) is 4.79 Å². The molecule has 0 aromatic rings. The fourth-order valence-electron chi connectivity index (χ4n) is 1.69. The summed E-state index contributed by atoms with van der Waals surface area (Å²) in [4.78, 5) is 11.3. The van der Waals surface area contributed by atoms with Crippen LogP contribution in [0, 0.1) is 0 Å². The molecule has 80 valence electrons. The number of allylic oxidation sites excluding steroid dienone is 2. The van der Waals surface area contributed by atoms with Crippen molar-refractivity contribution in [3.63, 3.8) is 0 Å². The van der Waals surface area contributed by atoms with Crippen LogP contribution in [0.2, 0.25) is 0 Å². The van der Waals surface area contributed by atoms with Gasteiger partial charge in [0.05, 0.1) is 0 Å². The van der Waals surface area contributed by atoms with Crippen molar-refractivity contribution in [3.8, 4) is 0 Å². The van der Waals surface area contributed by atoms with Gasteiger partial charge in [-0.1, -0.05) is 19.1 Å². The first-order chi connectivity index (χ1) is 6.83. The number of hydrogen-bond acceptors (Lipinski definition) is 2. The molecule has 0 amide bonds. The van der Waals surface area contributed by atoms with E-state index in [1.54, 1.807) is 0 Å². The van der Waals surface area contributed by atoms with Crippen molar-refractivity contribution in [1.82, 2.24) is 0 Å². The van der Waals surface area contributed by atoms with Gasteiger partial charge < -0.3 is 4.74 Å². The average molecular weight is 196 g/mol. The van der Waals surface area contributed by atoms with E-state index in [4.69, 9.17) is 4.74 Å². The molecule has 1 aliphatic rings. The molecule has 0 fully saturated rings. The minimum Gasteiger partial charge on any atom is -0.462 e. The molecule has 2 heteroatoms. The quantitative estimate of drug-likeness (QED) is 0.511. The molecule has 0 N–H and O–H groups in total. The van der Waals surface area contributed by atoms with Crippen molar-refractivity contribution in [2.75, 3.05) is 0 Å². The zero-order valence-electron chi connectivity index (χ0n) is 9.00. The number of rotatable bonds is 3. The highest BCUT2D eigenvalue weighted by atomic mass is 16.5. The topological polar surface area (TPSA) is 26.3 Å². The van der Waals surface area contributed by atoms with Crippen molar-refractivity contribution in [2.24, 2.45) is 0 Å². The van der Waals surface area contributed by atoms with E-state index in [1.165, 1.54) is 0 Å². The highest BCUT2D eigenvalue weighted by molar-refractivity contribution is 5.69. The molecule has 0 heterocycles. The molecule has 1 aliphatic carbocycles. The van der Waals surface area contributed by atoms with E-state index >= 15 is 0 Å². The van der Waals surface area contributed by atoms with Crippen LogP contribution in [0.15, 0.2) is 12.2 Å². The zero-order chi connectivity index (χ0) is 10.2. The maximum absolute atomic E-state index is 11.3. The summed E-state index contributed by atoms with van der Waals surface area (Å²) in [6, 6.07) is 0. The molecule has 0 aliphatic heterocycles. The summed E-state index contributed by atoms with van der Waals surface area (Å²) in [7, 11) is 0. The minimum absolute atomic E-state index is 0.0259. The molecule has 0 spiro atoms. The van der Waals surface area contributed by atoms with Crippen LogP contribution in [0.25, 0.3) is 0 Å². The molecule has 0 saturated carbocycles. The van der Waals surface area contributed by atoms with E-state index < -0.39 is 0 Å². The Hall–Kier alpha value is -0.790. The largest absolute Gasteiger partial charge is 0.462 e. The molecule has 0 radical (unpaired) electrons. The lowest BCUT2D eigenvalue weighted by Gasteiger charge is -2.18. The smallest absolute Gasteiger partial charge is 0.306 e. The van der Waals surface area contributed by atoms with Crippen LogP contribution in [0.1, 0.15) is 51.9 Å². The Bertz CT molecular complexity index is 196. The molecule has 1 unspecified atom stereocenters. The van der Waals surface area contributed by atoms with E-state index in [2.05, 4.69) is 12.2 Å². The Labute approximate surface area is 86.3 Å². The normalized spacial score (nSPS) is 24.8. The molecule has 0 aromatic carbocycles. The maximum atomic E-state index is 11.3. The van der Waals surface area contributed by atoms with Gasteiger partial charge in [-0.15, -0.1) is 0 Å². The van der Waals surface area contributed by atoms with Crippen molar-refractivity contribution in [3.05, 3.63) is 12.2 Å². The lowest BCUT2D eigenvalue weighted by Crippen LogP contribution is -2.18. The van der Waals surface area contributed by atoms with Gasteiger partial charge in [0.15, 0.2) is 0 Å². The van der Waals surface area contributed by atoms with Gasteiger partial charge in [0.2, 0.25) is 0 Å². The second kappa shape index (κ2) is 6.63. The summed E-state index contributed by atoms with van der Waals surface area (Å²) in [5.74, 6) is -0.0259. The first kappa shape index (κ1) is 11.3. The van der Waals surface area contributed by atoms with Crippen molar-refractivity contribution < 1.29 is 9.53 Å². The molecule has 0 saturated heterocycles. The molecular weight excluding hydrogens is 176 g/mol. The van der Waals surface area contributed by atoms with E-state index in [1.807, 2.05) is 6.92 Å². The Morgan fingerprint density at radius 1 is 1.36 bits per heavy atom. The Morgan fingerprint density at radius 2 is 2.14 bits per heavy atom. The molecule has 0 bridgehead atoms. The van der Waals surface area contributed by atoms with Gasteiger partial charge in [-0.2, -0.15) is 0 Å². The Balaban J connectivity index is 2.27. The first-order valence-corrected chi connectivity index (χ1v) is 5.67. The SMILES string of the molecule is CCCC(=O)OC1CC/C=C/CCC1. The van der Waals surface area contributed by atoms with Gasteiger partial charge in [-0.05, 0) is 38.5 Å². The second-order valence-electron chi connectivity index (χ2n) is 3.84. The van der Waals surface area contributed by atoms with Gasteiger partial charge in [-0.25, -0.2) is 0 Å². The maximum Gasteiger partial charge on any atom is 0.306 e. The lowest BCUT2D eigenvalue weighted by molar-refractivity contribution is -0.149. The second-order valence-corrected chi connectivity index (χ2v) is 3.84. The summed E-state index contributed by atoms with van der Waals surface area (Å²) >= 11 is 0. The fraction of sp³-hybridized carbons (Fsp3) is 0.750. The molecular formula is C12H20O2. The Kier molecular flexibility index (Phi) is 5.35. The van der Waals surface area contributed by atoms with E-state index in [0.29, 0.717) is 6.42 Å². The third kappa shape index (κ3) is 4.45. The number of ether oxygens (including phenoxy) is 1. The van der Waals surface area contributed by atoms with E-state index in [-0.39, 0.29) is 12.1 Å². The summed E-state index contributed by atoms with van der Waals surface area (Å²) in [5.41, 5.74) is 0. The van der Waals surface area contributed by atoms with Crippen LogP contribution >= 0.6 is 0 Å². The summed E-state index contributed by atoms with van der Waals surface area (Å²) in [6.45, 7) is 2.00. The van der Waals surface area contributed by atoms with Crippen LogP contribution in [0.5, 0.6) is 0 Å². The van der Waals surface area contributed by atoms with Crippen LogP contribution in [-0.2, 0) is 9.53 Å². The van der Waals surface area contributed by atoms with Crippen molar-refractivity contribution in [1.29, 1.82) is 0 Å². The van der Waals surface area contributed by atoms with Crippen LogP contribution in [0.4, 0.5) is 0 Å². The predicted octanol–water partition coefficient (Wildman–Crippen LogP) is 3.22. The number of carbonyl (C=O) groups excluding carboxylic acids is 1. The first-order valence-electron chi connectivity index (χ1n) is 5.67. The average Bonchev–Trinajstić information content (AvgIpc) is 2.10. The van der Waals surface area contributed by atoms with Crippen LogP contribution in [0.3, 0.4) is 0 Å². The minimum atomic E-state index is -0.0259. The van der Waals surface area contributed by atoms with Gasteiger partial charge in [0.1, 0.15) is 6.10 Å². The van der Waals surface area contributed by atoms with Gasteiger partial charge in [-0.3, -0.25) is 4.79 Å². The highest BCUT2D eigenvalue weighted by Gasteiger charge is 2.13. The monoisotopic (exact) mass is 196 g/mol. The summed E-state index contributed by atoms with van der Waals surface area (Å²) < 4.78 is 5.39. The number of esters is 1. The molecule has 14 heavy (non-hydrogen) atoms. The summed E-state index contributed by atoms with van der Waals surface area (Å²) in [5, 5.41) is 0. The van der Waals surface area contributed by atoms with Gasteiger partial charge >= 0.3 is 5.97 Å². The molecule has 1 rings (SSSR count). The number of hydrogen-bond donors (Lipinski definition) is 0. The highest BCUT2D eigenvalue weighted by Crippen LogP contribution is 2.16. The summed E-state index contributed by atoms with van der Waals surface area (Å²) in [6.07, 6.45) is 11.4. The van der Waals surface area contributed by atoms with Gasteiger partial charge in [0, 0.05) is 6.42 Å². The third-order valence-corrected chi connectivity index (χ3v) is 2.47. The van der Waals surface area contributed by atoms with Crippen molar-refractivity contribution in [2.45, 2.75) is 58.0 Å². The predicted molar refractivity (Wildman–Crippen MR) is 57.0 cm³/mol. The van der Waals surface area contributed by atoms with Crippen molar-refractivity contribution >= 4 is 5.97 Å². The van der Waals surface area contributed by atoms with Gasteiger partial charge in [0.25, 0.3) is 0 Å². The van der Waals surface area contributed by atoms with Crippen LogP contribution in [-0.4, -0.2) is 12.1 Å². The zero-order valence-corrected chi connectivity index (χ0v) is 9.00. The van der Waals surface area contributed by atoms with Crippen LogP contribution < -0.4 is 0 Å². The lowest BCUT2D eigenvalue weighted by atomic mass is 10.0. The third-order valence-electron chi connectivity index (χ3n) is 2.47.